The summed E-state index contributed by atoms with van der Waals surface area (Å²) in [5.41, 5.74) is 0. The van der Waals surface area contributed by atoms with Gasteiger partial charge in [-0.05, 0) is 14.0 Å². The summed E-state index contributed by atoms with van der Waals surface area (Å²) in [7, 11) is 1.79. The molecule has 1 atom stereocenters. The minimum Gasteiger partial charge on any atom is -0.315 e. The number of imide groups is 1. The van der Waals surface area contributed by atoms with E-state index in [1.54, 1.807) is 7.05 Å². The van der Waals surface area contributed by atoms with Gasteiger partial charge in [-0.25, -0.2) is 0 Å². The number of hydrogen-bond donors (Lipinski definition) is 1. The van der Waals surface area contributed by atoms with Crippen molar-refractivity contribution in [2.75, 3.05) is 13.6 Å². The van der Waals surface area contributed by atoms with Gasteiger partial charge in [0.05, 0.1) is 0 Å². The molecule has 1 unspecified atom stereocenters. The molecule has 1 aliphatic heterocycles. The molecule has 2 amide bonds. The molecule has 0 saturated carbocycles. The van der Waals surface area contributed by atoms with Crippen LogP contribution in [0, 0.1) is 0 Å². The molecular formula is C8H12N2O2. The third-order valence-corrected chi connectivity index (χ3v) is 1.85. The third-order valence-electron chi connectivity index (χ3n) is 1.85. The van der Waals surface area contributed by atoms with Crippen LogP contribution in [0.4, 0.5) is 0 Å². The summed E-state index contributed by atoms with van der Waals surface area (Å²) in [6.45, 7) is 2.35. The van der Waals surface area contributed by atoms with Crippen LogP contribution >= 0.6 is 0 Å². The standard InChI is InChI=1S/C8H12N2O2/c1-6(9-2)5-10-7(11)3-4-8(10)12/h3-4,6,9H,5H2,1-2H3. The van der Waals surface area contributed by atoms with Crippen LogP contribution in [-0.2, 0) is 9.59 Å². The Morgan fingerprint density at radius 1 is 1.42 bits per heavy atom. The zero-order valence-corrected chi connectivity index (χ0v) is 7.20. The molecule has 0 bridgehead atoms. The molecule has 0 aliphatic carbocycles. The summed E-state index contributed by atoms with van der Waals surface area (Å²) in [6, 6.07) is 0.137. The highest BCUT2D eigenvalue weighted by Gasteiger charge is 2.24. The smallest absolute Gasteiger partial charge is 0.253 e. The molecule has 0 fully saturated rings. The first kappa shape index (κ1) is 8.93. The van der Waals surface area contributed by atoms with Gasteiger partial charge in [-0.15, -0.1) is 0 Å². The maximum absolute atomic E-state index is 11.0. The molecule has 1 aliphatic rings. The van der Waals surface area contributed by atoms with E-state index in [4.69, 9.17) is 0 Å². The molecule has 1 rings (SSSR count). The summed E-state index contributed by atoms with van der Waals surface area (Å²) in [4.78, 5) is 23.3. The lowest BCUT2D eigenvalue weighted by atomic mass is 10.3. The fourth-order valence-electron chi connectivity index (χ4n) is 0.976. The van der Waals surface area contributed by atoms with Crippen LogP contribution in [-0.4, -0.2) is 36.3 Å². The van der Waals surface area contributed by atoms with Crippen molar-refractivity contribution in [3.8, 4) is 0 Å². The Hall–Kier alpha value is -1.16. The minimum absolute atomic E-state index is 0.137. The maximum Gasteiger partial charge on any atom is 0.253 e. The highest BCUT2D eigenvalue weighted by Crippen LogP contribution is 2.03. The Balaban J connectivity index is 2.53. The van der Waals surface area contributed by atoms with Crippen molar-refractivity contribution in [2.45, 2.75) is 13.0 Å². The number of hydrogen-bond acceptors (Lipinski definition) is 3. The highest BCUT2D eigenvalue weighted by atomic mass is 16.2. The SMILES string of the molecule is CNC(C)CN1C(=O)C=CC1=O. The van der Waals surface area contributed by atoms with E-state index in [2.05, 4.69) is 5.32 Å². The Bertz CT molecular complexity index is 217. The molecule has 0 aromatic heterocycles. The van der Waals surface area contributed by atoms with Crippen LogP contribution in [0.2, 0.25) is 0 Å². The number of amides is 2. The molecule has 0 radical (unpaired) electrons. The second kappa shape index (κ2) is 3.49. The van der Waals surface area contributed by atoms with E-state index in [0.717, 1.165) is 0 Å². The summed E-state index contributed by atoms with van der Waals surface area (Å²) < 4.78 is 0. The van der Waals surface area contributed by atoms with E-state index in [1.807, 2.05) is 6.92 Å². The molecule has 0 spiro atoms. The van der Waals surface area contributed by atoms with Gasteiger partial charge in [-0.1, -0.05) is 0 Å². The van der Waals surface area contributed by atoms with Crippen molar-refractivity contribution >= 4 is 11.8 Å². The first-order chi connectivity index (χ1) is 5.65. The second-order valence-corrected chi connectivity index (χ2v) is 2.81. The van der Waals surface area contributed by atoms with Gasteiger partial charge in [-0.3, -0.25) is 14.5 Å². The number of likely N-dealkylation sites (N-methyl/N-ethyl adjacent to an activating group) is 1. The Morgan fingerprint density at radius 2 is 1.92 bits per heavy atom. The average Bonchev–Trinajstić information content (AvgIpc) is 2.35. The molecule has 1 N–H and O–H groups in total. The number of nitrogens with zero attached hydrogens (tertiary/aromatic N) is 1. The molecule has 1 heterocycles. The van der Waals surface area contributed by atoms with E-state index in [-0.39, 0.29) is 17.9 Å². The second-order valence-electron chi connectivity index (χ2n) is 2.81. The normalized spacial score (nSPS) is 19.0. The van der Waals surface area contributed by atoms with Crippen LogP contribution in [0.5, 0.6) is 0 Å². The first-order valence-electron chi connectivity index (χ1n) is 3.86. The molecule has 12 heavy (non-hydrogen) atoms. The van der Waals surface area contributed by atoms with E-state index < -0.39 is 0 Å². The van der Waals surface area contributed by atoms with Gasteiger partial charge in [0.2, 0.25) is 0 Å². The molecule has 66 valence electrons. The Morgan fingerprint density at radius 3 is 2.33 bits per heavy atom. The molecular weight excluding hydrogens is 156 g/mol. The minimum atomic E-state index is -0.220. The number of nitrogens with one attached hydrogen (secondary N) is 1. The fraction of sp³-hybridized carbons (Fsp3) is 0.500. The van der Waals surface area contributed by atoms with E-state index in [1.165, 1.54) is 17.1 Å². The van der Waals surface area contributed by atoms with E-state index in [0.29, 0.717) is 6.54 Å². The van der Waals surface area contributed by atoms with Gasteiger partial charge >= 0.3 is 0 Å². The number of rotatable bonds is 3. The van der Waals surface area contributed by atoms with Crippen LogP contribution in [0.1, 0.15) is 6.92 Å². The summed E-state index contributed by atoms with van der Waals surface area (Å²) >= 11 is 0. The average molecular weight is 168 g/mol. The van der Waals surface area contributed by atoms with Gasteiger partial charge in [0, 0.05) is 24.7 Å². The van der Waals surface area contributed by atoms with E-state index >= 15 is 0 Å². The van der Waals surface area contributed by atoms with Crippen molar-refractivity contribution in [1.29, 1.82) is 0 Å². The zero-order chi connectivity index (χ0) is 9.14. The zero-order valence-electron chi connectivity index (χ0n) is 7.20. The first-order valence-corrected chi connectivity index (χ1v) is 3.86. The van der Waals surface area contributed by atoms with Crippen molar-refractivity contribution in [3.05, 3.63) is 12.2 Å². The summed E-state index contributed by atoms with van der Waals surface area (Å²) in [6.07, 6.45) is 2.59. The predicted molar refractivity (Wildman–Crippen MR) is 44.4 cm³/mol. The van der Waals surface area contributed by atoms with Crippen molar-refractivity contribution in [3.63, 3.8) is 0 Å². The van der Waals surface area contributed by atoms with Crippen LogP contribution in [0.3, 0.4) is 0 Å². The highest BCUT2D eigenvalue weighted by molar-refractivity contribution is 6.12. The van der Waals surface area contributed by atoms with Crippen molar-refractivity contribution in [2.24, 2.45) is 0 Å². The monoisotopic (exact) mass is 168 g/mol. The topological polar surface area (TPSA) is 49.4 Å². The quantitative estimate of drug-likeness (QED) is 0.579. The van der Waals surface area contributed by atoms with Crippen LogP contribution in [0.25, 0.3) is 0 Å². The molecule has 4 heteroatoms. The molecule has 0 aromatic rings. The lowest BCUT2D eigenvalue weighted by Gasteiger charge is -2.18. The summed E-state index contributed by atoms with van der Waals surface area (Å²) in [5.74, 6) is -0.441. The maximum atomic E-state index is 11.0. The molecule has 4 nitrogen and oxygen atoms in total. The number of carbonyl (C=O) groups is 2. The largest absolute Gasteiger partial charge is 0.315 e. The lowest BCUT2D eigenvalue weighted by molar-refractivity contribution is -0.137. The van der Waals surface area contributed by atoms with Gasteiger partial charge in [-0.2, -0.15) is 0 Å². The van der Waals surface area contributed by atoms with E-state index in [9.17, 15) is 9.59 Å². The molecule has 0 aromatic carbocycles. The predicted octanol–water partition coefficient (Wildman–Crippen LogP) is -0.481. The van der Waals surface area contributed by atoms with Gasteiger partial charge in [0.25, 0.3) is 11.8 Å². The Kier molecular flexibility index (Phi) is 2.60. The van der Waals surface area contributed by atoms with Crippen molar-refractivity contribution < 1.29 is 9.59 Å². The van der Waals surface area contributed by atoms with Gasteiger partial charge in [0.15, 0.2) is 0 Å². The lowest BCUT2D eigenvalue weighted by Crippen LogP contribution is -2.40. The summed E-state index contributed by atoms with van der Waals surface area (Å²) in [5, 5.41) is 2.96. The number of carbonyl (C=O) groups excluding carboxylic acids is 2. The Labute approximate surface area is 71.2 Å². The van der Waals surface area contributed by atoms with Crippen LogP contribution < -0.4 is 5.32 Å². The molecule has 0 saturated heterocycles. The van der Waals surface area contributed by atoms with Crippen molar-refractivity contribution in [1.82, 2.24) is 10.2 Å². The van der Waals surface area contributed by atoms with Crippen LogP contribution in [0.15, 0.2) is 12.2 Å². The third kappa shape index (κ3) is 1.71. The fourth-order valence-corrected chi connectivity index (χ4v) is 0.976. The van der Waals surface area contributed by atoms with Gasteiger partial charge < -0.3 is 5.32 Å². The van der Waals surface area contributed by atoms with Gasteiger partial charge in [0.1, 0.15) is 0 Å².